The zero-order valence-electron chi connectivity index (χ0n) is 16.1. The smallest absolute Gasteiger partial charge is 0.277 e. The third kappa shape index (κ3) is 5.13. The summed E-state index contributed by atoms with van der Waals surface area (Å²) in [5, 5.41) is 11.0. The molecule has 1 N–H and O–H groups in total. The third-order valence-corrected chi connectivity index (χ3v) is 5.24. The topological polar surface area (TPSA) is 77.2 Å². The van der Waals surface area contributed by atoms with Gasteiger partial charge in [0.25, 0.3) is 5.22 Å². The van der Waals surface area contributed by atoms with Gasteiger partial charge in [-0.1, -0.05) is 61.2 Å². The Balaban J connectivity index is 1.57. The van der Waals surface area contributed by atoms with E-state index in [0.717, 1.165) is 0 Å². The number of thioether (sulfide) groups is 1. The molecule has 1 aromatic heterocycles. The Hall–Kier alpha value is -2.80. The predicted octanol–water partition coefficient (Wildman–Crippen LogP) is 4.54. The van der Waals surface area contributed by atoms with Crippen molar-refractivity contribution >= 4 is 23.4 Å². The van der Waals surface area contributed by atoms with Gasteiger partial charge in [0.15, 0.2) is 0 Å². The molecule has 0 radical (unpaired) electrons. The number of anilines is 1. The molecule has 0 bridgehead atoms. The second kappa shape index (κ2) is 9.41. The van der Waals surface area contributed by atoms with Crippen molar-refractivity contribution in [1.82, 2.24) is 10.2 Å². The van der Waals surface area contributed by atoms with E-state index in [1.807, 2.05) is 30.3 Å². The molecule has 28 heavy (non-hydrogen) atoms. The Morgan fingerprint density at radius 2 is 1.82 bits per heavy atom. The van der Waals surface area contributed by atoms with E-state index >= 15 is 0 Å². The highest BCUT2D eigenvalue weighted by Gasteiger charge is 2.20. The zero-order chi connectivity index (χ0) is 19.9. The fourth-order valence-corrected chi connectivity index (χ4v) is 3.42. The number of carbonyl (C=O) groups is 1. The van der Waals surface area contributed by atoms with Crippen LogP contribution in [-0.4, -0.2) is 28.5 Å². The molecule has 0 aliphatic rings. The SMILES string of the molecule is COc1ccccc1NC(=O)C(C)Sc1nnc(CC(C)c2ccccc2)o1. The van der Waals surface area contributed by atoms with Gasteiger partial charge in [-0.3, -0.25) is 4.79 Å². The van der Waals surface area contributed by atoms with Gasteiger partial charge in [0.05, 0.1) is 18.0 Å². The van der Waals surface area contributed by atoms with Crippen LogP contribution in [0, 0.1) is 0 Å². The van der Waals surface area contributed by atoms with Crippen LogP contribution in [0.5, 0.6) is 5.75 Å². The van der Waals surface area contributed by atoms with E-state index in [9.17, 15) is 4.79 Å². The van der Waals surface area contributed by atoms with Crippen molar-refractivity contribution in [3.05, 3.63) is 66.1 Å². The van der Waals surface area contributed by atoms with Crippen molar-refractivity contribution in [2.75, 3.05) is 12.4 Å². The monoisotopic (exact) mass is 397 g/mol. The molecule has 1 heterocycles. The first-order valence-corrected chi connectivity index (χ1v) is 9.92. The lowest BCUT2D eigenvalue weighted by Crippen LogP contribution is -2.22. The number of carbonyl (C=O) groups excluding carboxylic acids is 1. The Labute approximate surface area is 168 Å². The van der Waals surface area contributed by atoms with E-state index in [1.54, 1.807) is 26.2 Å². The van der Waals surface area contributed by atoms with E-state index in [0.29, 0.717) is 29.0 Å². The normalized spacial score (nSPS) is 13.0. The fraction of sp³-hybridized carbons (Fsp3) is 0.286. The quantitative estimate of drug-likeness (QED) is 0.562. The molecule has 0 spiro atoms. The van der Waals surface area contributed by atoms with Crippen molar-refractivity contribution in [2.45, 2.75) is 36.7 Å². The van der Waals surface area contributed by atoms with Crippen LogP contribution >= 0.6 is 11.8 Å². The minimum absolute atomic E-state index is 0.160. The number of benzene rings is 2. The summed E-state index contributed by atoms with van der Waals surface area (Å²) < 4.78 is 11.0. The summed E-state index contributed by atoms with van der Waals surface area (Å²) in [6, 6.07) is 17.5. The maximum absolute atomic E-state index is 12.5. The number of rotatable bonds is 8. The van der Waals surface area contributed by atoms with Crippen LogP contribution in [0.3, 0.4) is 0 Å². The minimum atomic E-state index is -0.398. The summed E-state index contributed by atoms with van der Waals surface area (Å²) in [6.07, 6.45) is 0.652. The average Bonchev–Trinajstić information content (AvgIpc) is 3.15. The van der Waals surface area contributed by atoms with Crippen LogP contribution in [0.15, 0.2) is 64.2 Å². The molecule has 7 heteroatoms. The molecule has 6 nitrogen and oxygen atoms in total. The molecule has 3 rings (SSSR count). The number of hydrogen-bond donors (Lipinski definition) is 1. The number of methoxy groups -OCH3 is 1. The molecule has 1 amide bonds. The number of amides is 1. The average molecular weight is 398 g/mol. The summed E-state index contributed by atoms with van der Waals surface area (Å²) in [5.74, 6) is 1.29. The summed E-state index contributed by atoms with van der Waals surface area (Å²) >= 11 is 1.23. The van der Waals surface area contributed by atoms with Gasteiger partial charge in [-0.25, -0.2) is 0 Å². The van der Waals surface area contributed by atoms with E-state index in [2.05, 4.69) is 34.6 Å². The lowest BCUT2D eigenvalue weighted by molar-refractivity contribution is -0.115. The largest absolute Gasteiger partial charge is 0.495 e. The first kappa shape index (κ1) is 19.9. The molecule has 0 saturated carbocycles. The molecule has 3 aromatic rings. The van der Waals surface area contributed by atoms with E-state index in [4.69, 9.17) is 9.15 Å². The highest BCUT2D eigenvalue weighted by Crippen LogP contribution is 2.27. The Kier molecular flexibility index (Phi) is 6.71. The molecule has 2 aromatic carbocycles. The van der Waals surface area contributed by atoms with Gasteiger partial charge in [0, 0.05) is 6.42 Å². The van der Waals surface area contributed by atoms with Crippen molar-refractivity contribution in [1.29, 1.82) is 0 Å². The third-order valence-electron chi connectivity index (χ3n) is 4.31. The molecule has 0 saturated heterocycles. The standard InChI is InChI=1S/C21H23N3O3S/c1-14(16-9-5-4-6-10-16)13-19-23-24-21(27-19)28-15(2)20(25)22-17-11-7-8-12-18(17)26-3/h4-12,14-15H,13H2,1-3H3,(H,22,25). The molecule has 0 aliphatic heterocycles. The van der Waals surface area contributed by atoms with Gasteiger partial charge in [-0.05, 0) is 30.5 Å². The number of aromatic nitrogens is 2. The van der Waals surface area contributed by atoms with Gasteiger partial charge in [0.2, 0.25) is 11.8 Å². The van der Waals surface area contributed by atoms with Gasteiger partial charge in [-0.15, -0.1) is 10.2 Å². The molecule has 146 valence electrons. The van der Waals surface area contributed by atoms with Crippen LogP contribution in [0.1, 0.15) is 31.2 Å². The predicted molar refractivity (Wildman–Crippen MR) is 110 cm³/mol. The van der Waals surface area contributed by atoms with E-state index < -0.39 is 5.25 Å². The maximum atomic E-state index is 12.5. The summed E-state index contributed by atoms with van der Waals surface area (Å²) in [7, 11) is 1.57. The molecule has 0 fully saturated rings. The van der Waals surface area contributed by atoms with Crippen LogP contribution in [-0.2, 0) is 11.2 Å². The highest BCUT2D eigenvalue weighted by atomic mass is 32.2. The van der Waals surface area contributed by atoms with Gasteiger partial charge >= 0.3 is 0 Å². The number of ether oxygens (including phenoxy) is 1. The number of hydrogen-bond acceptors (Lipinski definition) is 6. The summed E-state index contributed by atoms with van der Waals surface area (Å²) in [4.78, 5) is 12.5. The zero-order valence-corrected chi connectivity index (χ0v) is 16.9. The lowest BCUT2D eigenvalue weighted by atomic mass is 9.98. The van der Waals surface area contributed by atoms with Gasteiger partial charge in [0.1, 0.15) is 5.75 Å². The van der Waals surface area contributed by atoms with Gasteiger partial charge < -0.3 is 14.5 Å². The summed E-state index contributed by atoms with van der Waals surface area (Å²) in [5.41, 5.74) is 1.85. The van der Waals surface area contributed by atoms with Crippen molar-refractivity contribution in [3.8, 4) is 5.75 Å². The van der Waals surface area contributed by atoms with E-state index in [1.165, 1.54) is 17.3 Å². The number of nitrogens with one attached hydrogen (secondary N) is 1. The van der Waals surface area contributed by atoms with Crippen molar-refractivity contribution < 1.29 is 13.9 Å². The number of para-hydroxylation sites is 2. The van der Waals surface area contributed by atoms with E-state index in [-0.39, 0.29) is 11.8 Å². The minimum Gasteiger partial charge on any atom is -0.495 e. The lowest BCUT2D eigenvalue weighted by Gasteiger charge is -2.12. The second-order valence-corrected chi connectivity index (χ2v) is 7.72. The van der Waals surface area contributed by atoms with Crippen LogP contribution < -0.4 is 10.1 Å². The van der Waals surface area contributed by atoms with Crippen LogP contribution in [0.25, 0.3) is 0 Å². The van der Waals surface area contributed by atoms with Gasteiger partial charge in [-0.2, -0.15) is 0 Å². The Bertz CT molecular complexity index is 914. The molecule has 0 aliphatic carbocycles. The first-order chi connectivity index (χ1) is 13.6. The van der Waals surface area contributed by atoms with Crippen molar-refractivity contribution in [3.63, 3.8) is 0 Å². The first-order valence-electron chi connectivity index (χ1n) is 9.04. The molecular formula is C21H23N3O3S. The Morgan fingerprint density at radius 3 is 2.57 bits per heavy atom. The van der Waals surface area contributed by atoms with Crippen molar-refractivity contribution in [2.24, 2.45) is 0 Å². The van der Waals surface area contributed by atoms with Crippen LogP contribution in [0.4, 0.5) is 5.69 Å². The Morgan fingerprint density at radius 1 is 1.11 bits per heavy atom. The number of nitrogens with zero attached hydrogens (tertiary/aromatic N) is 2. The molecule has 2 atom stereocenters. The maximum Gasteiger partial charge on any atom is 0.277 e. The second-order valence-electron chi connectivity index (χ2n) is 6.43. The molecular weight excluding hydrogens is 374 g/mol. The molecule has 2 unspecified atom stereocenters. The fourth-order valence-electron chi connectivity index (χ4n) is 2.72. The summed E-state index contributed by atoms with van der Waals surface area (Å²) in [6.45, 7) is 3.92. The van der Waals surface area contributed by atoms with Crippen LogP contribution in [0.2, 0.25) is 0 Å². The highest BCUT2D eigenvalue weighted by molar-refractivity contribution is 8.00.